The van der Waals surface area contributed by atoms with E-state index in [9.17, 15) is 0 Å². The summed E-state index contributed by atoms with van der Waals surface area (Å²) in [4.78, 5) is 6.61. The number of nitrogens with zero attached hydrogens (tertiary/aromatic N) is 2. The van der Waals surface area contributed by atoms with Gasteiger partial charge in [0, 0.05) is 31.2 Å². The average molecular weight is 235 g/mol. The molecule has 0 amide bonds. The zero-order valence-corrected chi connectivity index (χ0v) is 10.4. The molecule has 0 spiro atoms. The molecule has 1 saturated heterocycles. The lowest BCUT2D eigenvalue weighted by Crippen LogP contribution is -2.37. The Kier molecular flexibility index (Phi) is 4.34. The van der Waals surface area contributed by atoms with E-state index in [1.165, 1.54) is 11.3 Å². The van der Waals surface area contributed by atoms with Crippen LogP contribution in [0, 0.1) is 5.92 Å². The van der Waals surface area contributed by atoms with Gasteiger partial charge in [0.25, 0.3) is 0 Å². The predicted molar refractivity (Wildman–Crippen MR) is 69.2 cm³/mol. The summed E-state index contributed by atoms with van der Waals surface area (Å²) < 4.78 is 5.39. The monoisotopic (exact) mass is 235 g/mol. The van der Waals surface area contributed by atoms with Crippen molar-refractivity contribution < 1.29 is 4.74 Å². The Bertz CT molecular complexity index is 350. The summed E-state index contributed by atoms with van der Waals surface area (Å²) in [6, 6.07) is 2.10. The van der Waals surface area contributed by atoms with E-state index in [1.807, 2.05) is 12.4 Å². The largest absolute Gasteiger partial charge is 0.378 e. The molecule has 0 radical (unpaired) electrons. The Morgan fingerprint density at radius 1 is 1.47 bits per heavy atom. The van der Waals surface area contributed by atoms with Gasteiger partial charge in [0.05, 0.1) is 13.2 Å². The van der Waals surface area contributed by atoms with Gasteiger partial charge in [-0.25, -0.2) is 0 Å². The fourth-order valence-electron chi connectivity index (χ4n) is 2.15. The summed E-state index contributed by atoms with van der Waals surface area (Å²) >= 11 is 0. The number of rotatable bonds is 4. The van der Waals surface area contributed by atoms with Crippen LogP contribution in [-0.4, -0.2) is 37.8 Å². The average Bonchev–Trinajstić information content (AvgIpc) is 2.40. The molecule has 1 aromatic heterocycles. The van der Waals surface area contributed by atoms with Crippen molar-refractivity contribution in [2.75, 3.05) is 37.7 Å². The molecule has 0 saturated carbocycles. The van der Waals surface area contributed by atoms with Crippen LogP contribution in [0.15, 0.2) is 18.5 Å². The highest BCUT2D eigenvalue weighted by Crippen LogP contribution is 2.22. The summed E-state index contributed by atoms with van der Waals surface area (Å²) in [6.45, 7) is 6.46. The first-order chi connectivity index (χ1) is 8.31. The molecule has 4 nitrogen and oxygen atoms in total. The second-order valence-corrected chi connectivity index (χ2v) is 4.65. The SMILES string of the molecule is CC(CN)Cc1cnccc1N1CCOCC1. The third-order valence-electron chi connectivity index (χ3n) is 3.20. The predicted octanol–water partition coefficient (Wildman–Crippen LogP) is 1.06. The van der Waals surface area contributed by atoms with E-state index < -0.39 is 0 Å². The standard InChI is InChI=1S/C13H21N3O/c1-11(9-14)8-12-10-15-3-2-13(12)16-4-6-17-7-5-16/h2-3,10-11H,4-9,14H2,1H3. The fourth-order valence-corrected chi connectivity index (χ4v) is 2.15. The quantitative estimate of drug-likeness (QED) is 0.847. The van der Waals surface area contributed by atoms with Gasteiger partial charge in [0.2, 0.25) is 0 Å². The molecule has 2 rings (SSSR count). The summed E-state index contributed by atoms with van der Waals surface area (Å²) in [5.74, 6) is 0.499. The lowest BCUT2D eigenvalue weighted by Gasteiger charge is -2.30. The zero-order chi connectivity index (χ0) is 12.1. The summed E-state index contributed by atoms with van der Waals surface area (Å²) in [5, 5.41) is 0. The third-order valence-corrected chi connectivity index (χ3v) is 3.20. The van der Waals surface area contributed by atoms with Crippen molar-refractivity contribution in [1.82, 2.24) is 4.98 Å². The first-order valence-electron chi connectivity index (χ1n) is 6.27. The van der Waals surface area contributed by atoms with Crippen LogP contribution in [0.3, 0.4) is 0 Å². The maximum Gasteiger partial charge on any atom is 0.0642 e. The van der Waals surface area contributed by atoms with Crippen LogP contribution >= 0.6 is 0 Å². The summed E-state index contributed by atoms with van der Waals surface area (Å²) in [7, 11) is 0. The molecular formula is C13H21N3O. The maximum atomic E-state index is 5.69. The smallest absolute Gasteiger partial charge is 0.0642 e. The number of morpholine rings is 1. The molecule has 1 unspecified atom stereocenters. The molecular weight excluding hydrogens is 214 g/mol. The van der Waals surface area contributed by atoms with Crippen molar-refractivity contribution in [3.63, 3.8) is 0 Å². The number of anilines is 1. The van der Waals surface area contributed by atoms with Gasteiger partial charge in [0.15, 0.2) is 0 Å². The Labute approximate surface area is 103 Å². The molecule has 2 N–H and O–H groups in total. The second kappa shape index (κ2) is 5.98. The van der Waals surface area contributed by atoms with Gasteiger partial charge in [-0.2, -0.15) is 0 Å². The molecule has 1 fully saturated rings. The number of nitrogens with two attached hydrogens (primary N) is 1. The van der Waals surface area contributed by atoms with E-state index in [4.69, 9.17) is 10.5 Å². The summed E-state index contributed by atoms with van der Waals surface area (Å²) in [6.07, 6.45) is 4.83. The van der Waals surface area contributed by atoms with E-state index in [0.29, 0.717) is 5.92 Å². The van der Waals surface area contributed by atoms with Crippen molar-refractivity contribution in [2.24, 2.45) is 11.7 Å². The normalized spacial score (nSPS) is 18.1. The molecule has 1 aliphatic heterocycles. The van der Waals surface area contributed by atoms with E-state index in [1.54, 1.807) is 0 Å². The van der Waals surface area contributed by atoms with Crippen LogP contribution < -0.4 is 10.6 Å². The highest BCUT2D eigenvalue weighted by molar-refractivity contribution is 5.52. The van der Waals surface area contributed by atoms with E-state index in [0.717, 1.165) is 39.3 Å². The minimum atomic E-state index is 0.499. The topological polar surface area (TPSA) is 51.4 Å². The zero-order valence-electron chi connectivity index (χ0n) is 10.4. The van der Waals surface area contributed by atoms with E-state index in [2.05, 4.69) is 22.9 Å². The Morgan fingerprint density at radius 2 is 2.24 bits per heavy atom. The number of aromatic nitrogens is 1. The molecule has 17 heavy (non-hydrogen) atoms. The van der Waals surface area contributed by atoms with Crippen LogP contribution in [0.4, 0.5) is 5.69 Å². The Morgan fingerprint density at radius 3 is 2.94 bits per heavy atom. The molecule has 1 atom stereocenters. The van der Waals surface area contributed by atoms with Crippen LogP contribution in [-0.2, 0) is 11.2 Å². The fraction of sp³-hybridized carbons (Fsp3) is 0.615. The van der Waals surface area contributed by atoms with Crippen LogP contribution in [0.5, 0.6) is 0 Å². The van der Waals surface area contributed by atoms with Crippen molar-refractivity contribution in [3.8, 4) is 0 Å². The van der Waals surface area contributed by atoms with Crippen LogP contribution in [0.2, 0.25) is 0 Å². The Balaban J connectivity index is 2.14. The number of hydrogen-bond donors (Lipinski definition) is 1. The highest BCUT2D eigenvalue weighted by atomic mass is 16.5. The van der Waals surface area contributed by atoms with Crippen LogP contribution in [0.1, 0.15) is 12.5 Å². The maximum absolute atomic E-state index is 5.69. The van der Waals surface area contributed by atoms with E-state index >= 15 is 0 Å². The van der Waals surface area contributed by atoms with Gasteiger partial charge in [-0.1, -0.05) is 6.92 Å². The van der Waals surface area contributed by atoms with Gasteiger partial charge in [-0.15, -0.1) is 0 Å². The van der Waals surface area contributed by atoms with Gasteiger partial charge in [0.1, 0.15) is 0 Å². The lowest BCUT2D eigenvalue weighted by atomic mass is 10.0. The van der Waals surface area contributed by atoms with Crippen molar-refractivity contribution in [2.45, 2.75) is 13.3 Å². The van der Waals surface area contributed by atoms with Gasteiger partial charge in [-0.05, 0) is 30.5 Å². The minimum Gasteiger partial charge on any atom is -0.378 e. The molecule has 1 aliphatic rings. The minimum absolute atomic E-state index is 0.499. The first-order valence-corrected chi connectivity index (χ1v) is 6.27. The summed E-state index contributed by atoms with van der Waals surface area (Å²) in [5.41, 5.74) is 8.29. The van der Waals surface area contributed by atoms with E-state index in [-0.39, 0.29) is 0 Å². The number of ether oxygens (including phenoxy) is 1. The van der Waals surface area contributed by atoms with Crippen molar-refractivity contribution in [3.05, 3.63) is 24.0 Å². The first kappa shape index (κ1) is 12.3. The molecule has 94 valence electrons. The molecule has 1 aromatic rings. The van der Waals surface area contributed by atoms with Gasteiger partial charge >= 0.3 is 0 Å². The highest BCUT2D eigenvalue weighted by Gasteiger charge is 2.15. The molecule has 0 aliphatic carbocycles. The third kappa shape index (κ3) is 3.17. The second-order valence-electron chi connectivity index (χ2n) is 4.65. The van der Waals surface area contributed by atoms with Crippen LogP contribution in [0.25, 0.3) is 0 Å². The van der Waals surface area contributed by atoms with Crippen molar-refractivity contribution >= 4 is 5.69 Å². The number of pyridine rings is 1. The molecule has 0 aromatic carbocycles. The van der Waals surface area contributed by atoms with Gasteiger partial charge in [-0.3, -0.25) is 4.98 Å². The lowest BCUT2D eigenvalue weighted by molar-refractivity contribution is 0.122. The molecule has 2 heterocycles. The molecule has 4 heteroatoms. The Hall–Kier alpha value is -1.13. The van der Waals surface area contributed by atoms with Gasteiger partial charge < -0.3 is 15.4 Å². The van der Waals surface area contributed by atoms with Crippen molar-refractivity contribution in [1.29, 1.82) is 0 Å². The molecule has 0 bridgehead atoms. The number of hydrogen-bond acceptors (Lipinski definition) is 4.